The lowest BCUT2D eigenvalue weighted by molar-refractivity contribution is -0.263. The van der Waals surface area contributed by atoms with Gasteiger partial charge in [0.15, 0.2) is 5.79 Å². The highest BCUT2D eigenvalue weighted by Gasteiger charge is 2.29. The molecular formula is C23H30N4O5. The molecule has 0 atom stereocenters. The maximum absolute atomic E-state index is 12.0. The molecule has 2 aromatic heterocycles. The molecule has 1 saturated heterocycles. The maximum atomic E-state index is 12.0. The molecule has 0 aliphatic carbocycles. The minimum atomic E-state index is -0.833. The molecule has 0 saturated carbocycles. The van der Waals surface area contributed by atoms with Crippen LogP contribution in [0.4, 0.5) is 0 Å². The second-order valence-electron chi connectivity index (χ2n) is 8.33. The van der Waals surface area contributed by atoms with Gasteiger partial charge in [0.1, 0.15) is 5.52 Å². The zero-order valence-electron chi connectivity index (χ0n) is 18.6. The van der Waals surface area contributed by atoms with Crippen LogP contribution in [0.25, 0.3) is 11.0 Å². The van der Waals surface area contributed by atoms with Crippen LogP contribution in [0.3, 0.4) is 0 Å². The minimum Gasteiger partial charge on any atom is -0.481 e. The number of carboxylic acids is 1. The van der Waals surface area contributed by atoms with E-state index in [1.54, 1.807) is 0 Å². The molecule has 0 radical (unpaired) electrons. The largest absolute Gasteiger partial charge is 0.481 e. The number of H-pyrrole nitrogens is 2. The van der Waals surface area contributed by atoms with Gasteiger partial charge in [-0.3, -0.25) is 14.5 Å². The van der Waals surface area contributed by atoms with Crippen LogP contribution in [0.15, 0.2) is 47.7 Å². The van der Waals surface area contributed by atoms with Crippen molar-refractivity contribution in [3.8, 4) is 0 Å². The lowest BCUT2D eigenvalue weighted by Gasteiger charge is -2.37. The van der Waals surface area contributed by atoms with Gasteiger partial charge in [0, 0.05) is 44.2 Å². The average molecular weight is 443 g/mol. The third-order valence-electron chi connectivity index (χ3n) is 5.04. The Morgan fingerprint density at radius 3 is 2.50 bits per heavy atom. The molecule has 9 heteroatoms. The summed E-state index contributed by atoms with van der Waals surface area (Å²) in [4.78, 5) is 33.4. The molecule has 0 unspecified atom stereocenters. The van der Waals surface area contributed by atoms with Gasteiger partial charge in [-0.1, -0.05) is 30.3 Å². The Hall–Kier alpha value is -3.01. The van der Waals surface area contributed by atoms with Crippen LogP contribution in [0.5, 0.6) is 0 Å². The van der Waals surface area contributed by atoms with E-state index in [4.69, 9.17) is 19.4 Å². The van der Waals surface area contributed by atoms with Crippen LogP contribution in [0.2, 0.25) is 0 Å². The van der Waals surface area contributed by atoms with Gasteiger partial charge >= 0.3 is 0 Å². The maximum Gasteiger partial charge on any atom is 0.300 e. The van der Waals surface area contributed by atoms with E-state index < -0.39 is 11.8 Å². The van der Waals surface area contributed by atoms with Gasteiger partial charge in [0.2, 0.25) is 0 Å². The van der Waals surface area contributed by atoms with Crippen LogP contribution >= 0.6 is 0 Å². The van der Waals surface area contributed by atoms with E-state index in [9.17, 15) is 4.79 Å². The van der Waals surface area contributed by atoms with Gasteiger partial charge in [0.25, 0.3) is 11.5 Å². The number of hydrogen-bond donors (Lipinski definition) is 3. The first-order valence-electron chi connectivity index (χ1n) is 10.5. The fourth-order valence-electron chi connectivity index (χ4n) is 3.59. The van der Waals surface area contributed by atoms with Gasteiger partial charge < -0.3 is 24.5 Å². The van der Waals surface area contributed by atoms with E-state index in [0.717, 1.165) is 31.1 Å². The Labute approximate surface area is 186 Å². The average Bonchev–Trinajstić information content (AvgIpc) is 3.14. The summed E-state index contributed by atoms with van der Waals surface area (Å²) in [6.45, 7) is 8.64. The van der Waals surface area contributed by atoms with Crippen molar-refractivity contribution in [2.45, 2.75) is 39.6 Å². The van der Waals surface area contributed by atoms with Crippen molar-refractivity contribution in [3.05, 3.63) is 64.3 Å². The molecule has 0 amide bonds. The van der Waals surface area contributed by atoms with Crippen LogP contribution < -0.4 is 5.56 Å². The molecule has 32 heavy (non-hydrogen) atoms. The predicted octanol–water partition coefficient (Wildman–Crippen LogP) is 2.74. The highest BCUT2D eigenvalue weighted by atomic mass is 16.7. The molecule has 0 bridgehead atoms. The fourth-order valence-corrected chi connectivity index (χ4v) is 3.59. The Kier molecular flexibility index (Phi) is 7.79. The molecule has 3 N–H and O–H groups in total. The van der Waals surface area contributed by atoms with Crippen molar-refractivity contribution in [3.63, 3.8) is 0 Å². The van der Waals surface area contributed by atoms with Crippen LogP contribution in [-0.2, 0) is 27.4 Å². The highest BCUT2D eigenvalue weighted by molar-refractivity contribution is 5.77. The Bertz CT molecular complexity index is 1060. The number of nitrogens with zero attached hydrogens (tertiary/aromatic N) is 2. The van der Waals surface area contributed by atoms with E-state index in [2.05, 4.69) is 44.1 Å². The van der Waals surface area contributed by atoms with Crippen molar-refractivity contribution in [1.82, 2.24) is 19.9 Å². The molecule has 0 spiro atoms. The first kappa shape index (κ1) is 23.6. The van der Waals surface area contributed by atoms with E-state index in [1.165, 1.54) is 11.9 Å². The van der Waals surface area contributed by atoms with Crippen LogP contribution in [-0.4, -0.2) is 56.5 Å². The summed E-state index contributed by atoms with van der Waals surface area (Å²) >= 11 is 0. The number of rotatable bonds is 6. The van der Waals surface area contributed by atoms with Crippen molar-refractivity contribution < 1.29 is 19.4 Å². The third kappa shape index (κ3) is 6.74. The summed E-state index contributed by atoms with van der Waals surface area (Å²) in [5, 5.41) is 7.42. The molecule has 1 aliphatic heterocycles. The Morgan fingerprint density at radius 1 is 1.19 bits per heavy atom. The standard InChI is InChI=1S/C21H26N4O3.C2H4O2/c1-21(2)27-12-16(13-28-21)10-25(9-15-6-4-3-5-7-15)11-17-8-22-19-18(17)23-14-24-20(19)26;1-2(3)4/h3-8,14,16,22H,9-13H2,1-2H3,(H,23,24,26);1H3,(H,3,4). The lowest BCUT2D eigenvalue weighted by Crippen LogP contribution is -2.43. The second-order valence-corrected chi connectivity index (χ2v) is 8.33. The molecule has 4 rings (SSSR count). The van der Waals surface area contributed by atoms with Gasteiger partial charge in [0.05, 0.1) is 25.1 Å². The Morgan fingerprint density at radius 2 is 1.84 bits per heavy atom. The van der Waals surface area contributed by atoms with Gasteiger partial charge in [-0.2, -0.15) is 0 Å². The number of carbonyl (C=O) groups is 1. The van der Waals surface area contributed by atoms with E-state index in [1.807, 2.05) is 26.1 Å². The molecular weight excluding hydrogens is 412 g/mol. The number of ether oxygens (including phenoxy) is 2. The monoisotopic (exact) mass is 442 g/mol. The first-order chi connectivity index (χ1) is 15.2. The van der Waals surface area contributed by atoms with Crippen molar-refractivity contribution in [2.75, 3.05) is 19.8 Å². The van der Waals surface area contributed by atoms with Crippen LogP contribution in [0, 0.1) is 5.92 Å². The normalized spacial score (nSPS) is 16.0. The highest BCUT2D eigenvalue weighted by Crippen LogP contribution is 2.23. The smallest absolute Gasteiger partial charge is 0.300 e. The summed E-state index contributed by atoms with van der Waals surface area (Å²) in [5.41, 5.74) is 3.34. The second kappa shape index (κ2) is 10.5. The summed E-state index contributed by atoms with van der Waals surface area (Å²) in [6.07, 6.45) is 3.33. The number of fused-ring (bicyclic) bond motifs is 1. The van der Waals surface area contributed by atoms with Crippen molar-refractivity contribution >= 4 is 17.0 Å². The number of nitrogens with one attached hydrogen (secondary N) is 2. The number of aromatic amines is 2. The number of aromatic nitrogens is 3. The fraction of sp³-hybridized carbons (Fsp3) is 0.435. The number of benzene rings is 1. The van der Waals surface area contributed by atoms with E-state index >= 15 is 0 Å². The predicted molar refractivity (Wildman–Crippen MR) is 120 cm³/mol. The number of carboxylic acid groups (broad SMARTS) is 1. The minimum absolute atomic E-state index is 0.151. The third-order valence-corrected chi connectivity index (χ3v) is 5.04. The number of hydrogen-bond acceptors (Lipinski definition) is 6. The van der Waals surface area contributed by atoms with E-state index in [0.29, 0.717) is 31.2 Å². The lowest BCUT2D eigenvalue weighted by atomic mass is 10.1. The molecule has 1 fully saturated rings. The molecule has 9 nitrogen and oxygen atoms in total. The zero-order valence-corrected chi connectivity index (χ0v) is 18.6. The molecule has 1 aromatic carbocycles. The SMILES string of the molecule is CC(=O)O.CC1(C)OCC(CN(Cc2ccccc2)Cc2c[nH]c3c(=O)[nH]cnc23)CO1. The van der Waals surface area contributed by atoms with Crippen LogP contribution in [0.1, 0.15) is 31.9 Å². The summed E-state index contributed by atoms with van der Waals surface area (Å²) in [5.74, 6) is -1.05. The van der Waals surface area contributed by atoms with Crippen molar-refractivity contribution in [2.24, 2.45) is 5.92 Å². The summed E-state index contributed by atoms with van der Waals surface area (Å²) < 4.78 is 11.7. The molecule has 3 aromatic rings. The zero-order chi connectivity index (χ0) is 23.1. The number of aliphatic carboxylic acids is 1. The van der Waals surface area contributed by atoms with E-state index in [-0.39, 0.29) is 5.56 Å². The van der Waals surface area contributed by atoms with Gasteiger partial charge in [-0.15, -0.1) is 0 Å². The first-order valence-corrected chi connectivity index (χ1v) is 10.5. The van der Waals surface area contributed by atoms with Gasteiger partial charge in [-0.05, 0) is 19.4 Å². The topological polar surface area (TPSA) is 121 Å². The summed E-state index contributed by atoms with van der Waals surface area (Å²) in [6, 6.07) is 10.4. The summed E-state index contributed by atoms with van der Waals surface area (Å²) in [7, 11) is 0. The van der Waals surface area contributed by atoms with Crippen molar-refractivity contribution in [1.29, 1.82) is 0 Å². The van der Waals surface area contributed by atoms with Gasteiger partial charge in [-0.25, -0.2) is 4.98 Å². The molecule has 172 valence electrons. The molecule has 3 heterocycles. The molecule has 1 aliphatic rings. The Balaban J connectivity index is 0.000000668. The quantitative estimate of drug-likeness (QED) is 0.537.